The Morgan fingerprint density at radius 3 is 2.14 bits per heavy atom. The molecule has 34 valence electrons. The first kappa shape index (κ1) is 10.6. The first-order chi connectivity index (χ1) is 2.81. The maximum Gasteiger partial charge on any atom is 1.00 e. The van der Waals surface area contributed by atoms with Gasteiger partial charge in [0.1, 0.15) is 0 Å². The van der Waals surface area contributed by atoms with E-state index in [1.807, 2.05) is 0 Å². The van der Waals surface area contributed by atoms with E-state index >= 15 is 0 Å². The van der Waals surface area contributed by atoms with Crippen LogP contribution in [0, 0.1) is 0 Å². The van der Waals surface area contributed by atoms with Crippen LogP contribution in [0.25, 0.3) is 0 Å². The topological polar surface area (TPSA) is 40.1 Å². The molecule has 0 spiro atoms. The van der Waals surface area contributed by atoms with Gasteiger partial charge >= 0.3 is 29.6 Å². The van der Waals surface area contributed by atoms with Crippen molar-refractivity contribution in [1.29, 1.82) is 0 Å². The number of rotatable bonds is 1. The van der Waals surface area contributed by atoms with Gasteiger partial charge in [0, 0.05) is 4.48 Å². The van der Waals surface area contributed by atoms with Crippen molar-refractivity contribution in [1.82, 2.24) is 0 Å². The fourth-order valence-corrected chi connectivity index (χ4v) is 0.0278. The van der Waals surface area contributed by atoms with Gasteiger partial charge in [-0.3, -0.25) is 4.79 Å². The minimum Gasteiger partial charge on any atom is -0.877 e. The summed E-state index contributed by atoms with van der Waals surface area (Å²) in [5.41, 5.74) is 0. The van der Waals surface area contributed by atoms with Gasteiger partial charge in [-0.05, 0) is 15.9 Å². The Kier molecular flexibility index (Phi) is 10.2. The Hall–Kier alpha value is 0.690. The van der Waals surface area contributed by atoms with Crippen molar-refractivity contribution < 1.29 is 39.5 Å². The minimum absolute atomic E-state index is 0. The van der Waals surface area contributed by atoms with Gasteiger partial charge in [-0.15, -0.1) is 6.26 Å². The van der Waals surface area contributed by atoms with Gasteiger partial charge in [0.05, 0.1) is 0 Å². The van der Waals surface area contributed by atoms with Crippen molar-refractivity contribution in [2.45, 2.75) is 0 Å². The molecule has 0 aliphatic heterocycles. The van der Waals surface area contributed by atoms with E-state index in [1.54, 1.807) is 0 Å². The molecule has 0 fully saturated rings. The molecule has 0 aromatic carbocycles. The zero-order valence-electron chi connectivity index (χ0n) is 3.85. The molecule has 2 nitrogen and oxygen atoms in total. The quantitative estimate of drug-likeness (QED) is 0.181. The predicted octanol–water partition coefficient (Wildman–Crippen LogP) is -3.21. The van der Waals surface area contributed by atoms with Gasteiger partial charge in [0.2, 0.25) is 0 Å². The minimum atomic E-state index is 0. The Bertz CT molecular complexity index is 81.0. The smallest absolute Gasteiger partial charge is 0.877 e. The summed E-state index contributed by atoms with van der Waals surface area (Å²) < 4.78 is 0.0440. The summed E-state index contributed by atoms with van der Waals surface area (Å²) in [7, 11) is 0. The largest absolute Gasteiger partial charge is 1.00 e. The second-order valence-electron chi connectivity index (χ2n) is 0.621. The first-order valence-corrected chi connectivity index (χ1v) is 2.03. The Morgan fingerprint density at radius 1 is 1.71 bits per heavy atom. The first-order valence-electron chi connectivity index (χ1n) is 1.24. The molecule has 0 saturated carbocycles. The van der Waals surface area contributed by atoms with E-state index in [-0.39, 0.29) is 34.0 Å². The van der Waals surface area contributed by atoms with E-state index in [1.165, 1.54) is 0 Å². The summed E-state index contributed by atoms with van der Waals surface area (Å²) in [6, 6.07) is 0. The van der Waals surface area contributed by atoms with E-state index < -0.39 is 0 Å². The SMILES string of the molecule is O=C/C(Br)=C/[O-].[Na+]. The summed E-state index contributed by atoms with van der Waals surface area (Å²) in [6.45, 7) is 0. The molecular formula is C3H2BrNaO2. The fraction of sp³-hybridized carbons (Fsp3) is 0. The standard InChI is InChI=1S/C3H3BrO2.Na/c4-3(1-5)2-6;/h1-2,5H;/q;+1/p-1/b3-1-;. The number of carbonyl (C=O) groups is 1. The molecule has 0 rings (SSSR count). The van der Waals surface area contributed by atoms with Crippen LogP contribution in [-0.4, -0.2) is 6.29 Å². The van der Waals surface area contributed by atoms with Crippen LogP contribution in [0.15, 0.2) is 10.7 Å². The average molecular weight is 173 g/mol. The molecule has 7 heavy (non-hydrogen) atoms. The Morgan fingerprint density at radius 2 is 2.14 bits per heavy atom. The van der Waals surface area contributed by atoms with Crippen molar-refractivity contribution >= 4 is 22.2 Å². The van der Waals surface area contributed by atoms with Crippen LogP contribution >= 0.6 is 15.9 Å². The molecular weight excluding hydrogens is 171 g/mol. The normalized spacial score (nSPS) is 9.57. The van der Waals surface area contributed by atoms with Gasteiger partial charge in [-0.25, -0.2) is 0 Å². The molecule has 0 amide bonds. The van der Waals surface area contributed by atoms with Crippen LogP contribution in [0.1, 0.15) is 0 Å². The molecule has 0 radical (unpaired) electrons. The van der Waals surface area contributed by atoms with Crippen molar-refractivity contribution in [2.75, 3.05) is 0 Å². The van der Waals surface area contributed by atoms with E-state index in [9.17, 15) is 9.90 Å². The number of carbonyl (C=O) groups excluding carboxylic acids is 1. The summed E-state index contributed by atoms with van der Waals surface area (Å²) >= 11 is 2.66. The average Bonchev–Trinajstić information content (AvgIpc) is 1.65. The second-order valence-corrected chi connectivity index (χ2v) is 1.54. The Labute approximate surface area is 72.0 Å². The van der Waals surface area contributed by atoms with Crippen LogP contribution in [0.2, 0.25) is 0 Å². The molecule has 0 N–H and O–H groups in total. The van der Waals surface area contributed by atoms with Gasteiger partial charge in [0.15, 0.2) is 6.29 Å². The summed E-state index contributed by atoms with van der Waals surface area (Å²) in [5.74, 6) is 0. The van der Waals surface area contributed by atoms with E-state index in [0.717, 1.165) is 0 Å². The molecule has 0 saturated heterocycles. The molecule has 0 aromatic rings. The summed E-state index contributed by atoms with van der Waals surface area (Å²) in [5, 5.41) is 9.42. The van der Waals surface area contributed by atoms with Crippen LogP contribution < -0.4 is 34.7 Å². The third-order valence-corrected chi connectivity index (χ3v) is 0.599. The molecule has 0 aliphatic carbocycles. The molecule has 0 heterocycles. The van der Waals surface area contributed by atoms with Gasteiger partial charge in [-0.2, -0.15) is 0 Å². The van der Waals surface area contributed by atoms with Crippen molar-refractivity contribution in [3.8, 4) is 0 Å². The fourth-order valence-electron chi connectivity index (χ4n) is 0.0278. The Balaban J connectivity index is 0. The molecule has 0 bridgehead atoms. The van der Waals surface area contributed by atoms with Crippen LogP contribution in [0.5, 0.6) is 0 Å². The van der Waals surface area contributed by atoms with E-state index in [4.69, 9.17) is 0 Å². The van der Waals surface area contributed by atoms with Crippen molar-refractivity contribution in [3.05, 3.63) is 10.7 Å². The number of hydrogen-bond acceptors (Lipinski definition) is 2. The van der Waals surface area contributed by atoms with Crippen LogP contribution in [-0.2, 0) is 4.79 Å². The van der Waals surface area contributed by atoms with Gasteiger partial charge in [0.25, 0.3) is 0 Å². The number of halogens is 1. The van der Waals surface area contributed by atoms with Crippen LogP contribution in [0.3, 0.4) is 0 Å². The molecule has 0 aromatic heterocycles. The third kappa shape index (κ3) is 6.69. The molecule has 0 atom stereocenters. The summed E-state index contributed by atoms with van der Waals surface area (Å²) in [4.78, 5) is 9.42. The predicted molar refractivity (Wildman–Crippen MR) is 23.1 cm³/mol. The molecule has 0 aliphatic rings. The zero-order chi connectivity index (χ0) is 4.99. The maximum absolute atomic E-state index is 9.42. The number of allylic oxidation sites excluding steroid dienone is 1. The summed E-state index contributed by atoms with van der Waals surface area (Å²) in [6.07, 6.45) is 0.875. The molecule has 4 heteroatoms. The zero-order valence-corrected chi connectivity index (χ0v) is 7.44. The van der Waals surface area contributed by atoms with Gasteiger partial charge < -0.3 is 5.11 Å². The maximum atomic E-state index is 9.42. The van der Waals surface area contributed by atoms with Gasteiger partial charge in [-0.1, -0.05) is 0 Å². The number of aldehydes is 1. The van der Waals surface area contributed by atoms with Crippen molar-refractivity contribution in [2.24, 2.45) is 0 Å². The van der Waals surface area contributed by atoms with Crippen LogP contribution in [0.4, 0.5) is 0 Å². The van der Waals surface area contributed by atoms with Crippen molar-refractivity contribution in [3.63, 3.8) is 0 Å². The molecule has 0 unspecified atom stereocenters. The monoisotopic (exact) mass is 172 g/mol. The number of hydrogen-bond donors (Lipinski definition) is 0. The van der Waals surface area contributed by atoms with E-state index in [2.05, 4.69) is 15.9 Å². The van der Waals surface area contributed by atoms with E-state index in [0.29, 0.717) is 12.5 Å². The third-order valence-electron chi connectivity index (χ3n) is 0.225. The second kappa shape index (κ2) is 6.69.